The standard InChI is InChI=1S/C13H12O3/c1-15-11-7-6-9(8-14)13-10(11)4-3-5-12(13)16-2/h3-8H,1-2H3. The first-order chi connectivity index (χ1) is 7.81. The molecule has 0 aliphatic rings. The summed E-state index contributed by atoms with van der Waals surface area (Å²) in [6.07, 6.45) is 0.824. The van der Waals surface area contributed by atoms with Crippen LogP contribution in [0, 0.1) is 0 Å². The normalized spacial score (nSPS) is 10.1. The Kier molecular flexibility index (Phi) is 2.77. The van der Waals surface area contributed by atoms with Gasteiger partial charge in [0.05, 0.1) is 14.2 Å². The van der Waals surface area contributed by atoms with E-state index in [1.807, 2.05) is 18.2 Å². The van der Waals surface area contributed by atoms with Gasteiger partial charge in [0.25, 0.3) is 0 Å². The van der Waals surface area contributed by atoms with E-state index in [1.165, 1.54) is 0 Å². The van der Waals surface area contributed by atoms with Crippen molar-refractivity contribution in [2.75, 3.05) is 14.2 Å². The summed E-state index contributed by atoms with van der Waals surface area (Å²) in [6, 6.07) is 9.12. The van der Waals surface area contributed by atoms with Crippen molar-refractivity contribution in [1.82, 2.24) is 0 Å². The number of carbonyl (C=O) groups is 1. The molecule has 3 heteroatoms. The van der Waals surface area contributed by atoms with Crippen molar-refractivity contribution >= 4 is 17.1 Å². The topological polar surface area (TPSA) is 35.5 Å². The quantitative estimate of drug-likeness (QED) is 0.740. The van der Waals surface area contributed by atoms with E-state index >= 15 is 0 Å². The number of hydrogen-bond acceptors (Lipinski definition) is 3. The molecule has 0 aromatic heterocycles. The maximum atomic E-state index is 11.0. The lowest BCUT2D eigenvalue weighted by atomic mass is 10.0. The highest BCUT2D eigenvalue weighted by Gasteiger charge is 2.10. The van der Waals surface area contributed by atoms with Crippen LogP contribution in [0.3, 0.4) is 0 Å². The molecule has 0 bridgehead atoms. The van der Waals surface area contributed by atoms with E-state index in [-0.39, 0.29) is 0 Å². The second kappa shape index (κ2) is 4.23. The predicted molar refractivity (Wildman–Crippen MR) is 62.4 cm³/mol. The Morgan fingerprint density at radius 1 is 1.00 bits per heavy atom. The van der Waals surface area contributed by atoms with Crippen LogP contribution in [-0.4, -0.2) is 20.5 Å². The highest BCUT2D eigenvalue weighted by atomic mass is 16.5. The zero-order valence-corrected chi connectivity index (χ0v) is 9.19. The third kappa shape index (κ3) is 1.50. The van der Waals surface area contributed by atoms with Gasteiger partial charge < -0.3 is 9.47 Å². The zero-order chi connectivity index (χ0) is 11.5. The third-order valence-corrected chi connectivity index (χ3v) is 2.56. The fraction of sp³-hybridized carbons (Fsp3) is 0.154. The number of rotatable bonds is 3. The molecule has 0 aliphatic heterocycles. The van der Waals surface area contributed by atoms with Gasteiger partial charge in [0.15, 0.2) is 6.29 Å². The smallest absolute Gasteiger partial charge is 0.150 e. The summed E-state index contributed by atoms with van der Waals surface area (Å²) in [7, 11) is 3.19. The highest BCUT2D eigenvalue weighted by molar-refractivity contribution is 6.04. The lowest BCUT2D eigenvalue weighted by Gasteiger charge is -2.10. The third-order valence-electron chi connectivity index (χ3n) is 2.56. The van der Waals surface area contributed by atoms with E-state index in [1.54, 1.807) is 26.4 Å². The van der Waals surface area contributed by atoms with Crippen LogP contribution >= 0.6 is 0 Å². The minimum atomic E-state index is 0.605. The molecular formula is C13H12O3. The Balaban J connectivity index is 2.89. The molecule has 16 heavy (non-hydrogen) atoms. The molecule has 0 saturated heterocycles. The minimum Gasteiger partial charge on any atom is -0.496 e. The van der Waals surface area contributed by atoms with Gasteiger partial charge in [-0.15, -0.1) is 0 Å². The molecule has 0 heterocycles. The molecule has 0 atom stereocenters. The molecule has 0 spiro atoms. The van der Waals surface area contributed by atoms with E-state index in [9.17, 15) is 4.79 Å². The van der Waals surface area contributed by atoms with Crippen LogP contribution in [0.1, 0.15) is 10.4 Å². The second-order valence-corrected chi connectivity index (χ2v) is 3.36. The Morgan fingerprint density at radius 2 is 1.75 bits per heavy atom. The van der Waals surface area contributed by atoms with Gasteiger partial charge in [-0.05, 0) is 18.2 Å². The van der Waals surface area contributed by atoms with Gasteiger partial charge in [0.1, 0.15) is 11.5 Å². The largest absolute Gasteiger partial charge is 0.496 e. The van der Waals surface area contributed by atoms with Gasteiger partial charge >= 0.3 is 0 Å². The Hall–Kier alpha value is -2.03. The second-order valence-electron chi connectivity index (χ2n) is 3.36. The SMILES string of the molecule is COc1ccc(C=O)c2c(OC)cccc12. The van der Waals surface area contributed by atoms with Gasteiger partial charge in [0.2, 0.25) is 0 Å². The summed E-state index contributed by atoms with van der Waals surface area (Å²) in [5, 5.41) is 1.67. The van der Waals surface area contributed by atoms with E-state index in [2.05, 4.69) is 0 Å². The summed E-state index contributed by atoms with van der Waals surface area (Å²) >= 11 is 0. The van der Waals surface area contributed by atoms with Crippen LogP contribution < -0.4 is 9.47 Å². The van der Waals surface area contributed by atoms with E-state index < -0.39 is 0 Å². The summed E-state index contributed by atoms with van der Waals surface area (Å²) in [5.41, 5.74) is 0.605. The summed E-state index contributed by atoms with van der Waals surface area (Å²) in [4.78, 5) is 11.0. The average Bonchev–Trinajstić information content (AvgIpc) is 2.36. The van der Waals surface area contributed by atoms with Crippen molar-refractivity contribution in [1.29, 1.82) is 0 Å². The van der Waals surface area contributed by atoms with Crippen molar-refractivity contribution < 1.29 is 14.3 Å². The maximum absolute atomic E-state index is 11.0. The number of methoxy groups -OCH3 is 2. The zero-order valence-electron chi connectivity index (χ0n) is 9.19. The minimum absolute atomic E-state index is 0.605. The Morgan fingerprint density at radius 3 is 2.38 bits per heavy atom. The van der Waals surface area contributed by atoms with E-state index in [0.29, 0.717) is 11.3 Å². The van der Waals surface area contributed by atoms with Crippen molar-refractivity contribution in [3.63, 3.8) is 0 Å². The molecule has 0 N–H and O–H groups in total. The van der Waals surface area contributed by atoms with Crippen LogP contribution in [0.4, 0.5) is 0 Å². The number of ether oxygens (including phenoxy) is 2. The van der Waals surface area contributed by atoms with Gasteiger partial charge in [0, 0.05) is 16.3 Å². The predicted octanol–water partition coefficient (Wildman–Crippen LogP) is 2.67. The molecule has 0 fully saturated rings. The van der Waals surface area contributed by atoms with Crippen LogP contribution in [-0.2, 0) is 0 Å². The van der Waals surface area contributed by atoms with Crippen molar-refractivity contribution in [2.45, 2.75) is 0 Å². The summed E-state index contributed by atoms with van der Waals surface area (Å²) in [6.45, 7) is 0. The van der Waals surface area contributed by atoms with Gasteiger partial charge in [-0.2, -0.15) is 0 Å². The lowest BCUT2D eigenvalue weighted by Crippen LogP contribution is -1.92. The first kappa shape index (κ1) is 10.5. The summed E-state index contributed by atoms with van der Waals surface area (Å²) < 4.78 is 10.5. The first-order valence-corrected chi connectivity index (χ1v) is 4.90. The molecule has 0 radical (unpaired) electrons. The average molecular weight is 216 g/mol. The molecule has 2 aromatic rings. The fourth-order valence-corrected chi connectivity index (χ4v) is 1.82. The van der Waals surface area contributed by atoms with Crippen LogP contribution in [0.15, 0.2) is 30.3 Å². The van der Waals surface area contributed by atoms with Crippen LogP contribution in [0.5, 0.6) is 11.5 Å². The maximum Gasteiger partial charge on any atom is 0.150 e. The van der Waals surface area contributed by atoms with Gasteiger partial charge in [-0.25, -0.2) is 0 Å². The van der Waals surface area contributed by atoms with Gasteiger partial charge in [-0.3, -0.25) is 4.79 Å². The number of carbonyl (C=O) groups excluding carboxylic acids is 1. The highest BCUT2D eigenvalue weighted by Crippen LogP contribution is 2.34. The molecule has 0 aliphatic carbocycles. The molecule has 0 saturated carbocycles. The molecule has 0 amide bonds. The number of fused-ring (bicyclic) bond motifs is 1. The van der Waals surface area contributed by atoms with E-state index in [4.69, 9.17) is 9.47 Å². The van der Waals surface area contributed by atoms with Crippen LogP contribution in [0.25, 0.3) is 10.8 Å². The van der Waals surface area contributed by atoms with Gasteiger partial charge in [-0.1, -0.05) is 12.1 Å². The van der Waals surface area contributed by atoms with Crippen molar-refractivity contribution in [2.24, 2.45) is 0 Å². The first-order valence-electron chi connectivity index (χ1n) is 4.90. The molecular weight excluding hydrogens is 204 g/mol. The summed E-state index contributed by atoms with van der Waals surface area (Å²) in [5.74, 6) is 1.41. The lowest BCUT2D eigenvalue weighted by molar-refractivity contribution is 0.112. The molecule has 2 aromatic carbocycles. The Bertz CT molecular complexity index is 532. The molecule has 3 nitrogen and oxygen atoms in total. The number of hydrogen-bond donors (Lipinski definition) is 0. The van der Waals surface area contributed by atoms with Crippen molar-refractivity contribution in [3.8, 4) is 11.5 Å². The fourth-order valence-electron chi connectivity index (χ4n) is 1.82. The van der Waals surface area contributed by atoms with Crippen molar-refractivity contribution in [3.05, 3.63) is 35.9 Å². The number of benzene rings is 2. The molecule has 2 rings (SSSR count). The molecule has 82 valence electrons. The molecule has 0 unspecified atom stereocenters. The monoisotopic (exact) mass is 216 g/mol. The van der Waals surface area contributed by atoms with Crippen LogP contribution in [0.2, 0.25) is 0 Å². The Labute approximate surface area is 93.6 Å². The number of aldehydes is 1. The van der Waals surface area contributed by atoms with E-state index in [0.717, 1.165) is 22.8 Å².